The highest BCUT2D eigenvalue weighted by Crippen LogP contribution is 2.14. The molecule has 0 radical (unpaired) electrons. The van der Waals surface area contributed by atoms with Crippen molar-refractivity contribution in [1.82, 2.24) is 9.88 Å². The summed E-state index contributed by atoms with van der Waals surface area (Å²) in [4.78, 5) is 18.3. The normalized spacial score (nSPS) is 10.6. The van der Waals surface area contributed by atoms with Crippen molar-refractivity contribution in [2.75, 3.05) is 13.1 Å². The van der Waals surface area contributed by atoms with Crippen LogP contribution in [0.5, 0.6) is 0 Å². The van der Waals surface area contributed by atoms with Gasteiger partial charge in [-0.1, -0.05) is 0 Å². The molecule has 2 heterocycles. The van der Waals surface area contributed by atoms with Gasteiger partial charge in [-0.15, -0.1) is 11.3 Å². The van der Waals surface area contributed by atoms with Crippen LogP contribution >= 0.6 is 11.3 Å². The zero-order valence-electron chi connectivity index (χ0n) is 10.8. The van der Waals surface area contributed by atoms with Crippen LogP contribution in [0, 0.1) is 0 Å². The molecular formula is C13H17N3O2S. The van der Waals surface area contributed by atoms with Crippen LogP contribution in [0.15, 0.2) is 28.2 Å². The second-order valence-corrected chi connectivity index (χ2v) is 5.01. The van der Waals surface area contributed by atoms with Crippen LogP contribution < -0.4 is 5.73 Å². The first-order chi connectivity index (χ1) is 9.24. The van der Waals surface area contributed by atoms with E-state index in [1.54, 1.807) is 16.5 Å². The van der Waals surface area contributed by atoms with Gasteiger partial charge in [0.15, 0.2) is 0 Å². The van der Waals surface area contributed by atoms with E-state index in [1.807, 2.05) is 19.1 Å². The number of furan rings is 1. The molecule has 0 aromatic carbocycles. The Hall–Kier alpha value is -1.66. The highest BCUT2D eigenvalue weighted by atomic mass is 32.1. The minimum absolute atomic E-state index is 0.0709. The van der Waals surface area contributed by atoms with Gasteiger partial charge in [-0.2, -0.15) is 0 Å². The summed E-state index contributed by atoms with van der Waals surface area (Å²) in [5.41, 5.74) is 5.97. The van der Waals surface area contributed by atoms with Crippen LogP contribution in [-0.4, -0.2) is 28.9 Å². The van der Waals surface area contributed by atoms with Gasteiger partial charge in [-0.3, -0.25) is 4.79 Å². The van der Waals surface area contributed by atoms with Crippen LogP contribution in [0.25, 0.3) is 0 Å². The van der Waals surface area contributed by atoms with Crippen LogP contribution in [-0.2, 0) is 13.0 Å². The number of carbonyl (C=O) groups excluding carboxylic acids is 1. The van der Waals surface area contributed by atoms with Crippen LogP contribution in [0.1, 0.15) is 28.2 Å². The van der Waals surface area contributed by atoms with Gasteiger partial charge in [0.05, 0.1) is 17.8 Å². The Balaban J connectivity index is 2.06. The van der Waals surface area contributed by atoms with Gasteiger partial charge in [0, 0.05) is 18.3 Å². The third kappa shape index (κ3) is 3.42. The first-order valence-corrected chi connectivity index (χ1v) is 7.08. The van der Waals surface area contributed by atoms with Gasteiger partial charge in [-0.05, 0) is 25.6 Å². The van der Waals surface area contributed by atoms with E-state index in [0.717, 1.165) is 10.8 Å². The molecule has 0 saturated heterocycles. The Morgan fingerprint density at radius 1 is 1.58 bits per heavy atom. The number of carbonyl (C=O) groups is 1. The second-order valence-electron chi connectivity index (χ2n) is 4.06. The molecule has 0 bridgehead atoms. The first-order valence-electron chi connectivity index (χ1n) is 6.20. The van der Waals surface area contributed by atoms with Crippen molar-refractivity contribution in [2.45, 2.75) is 19.9 Å². The maximum Gasteiger partial charge on any atom is 0.273 e. The summed E-state index contributed by atoms with van der Waals surface area (Å²) in [5, 5.41) is 2.69. The maximum atomic E-state index is 12.3. The number of aromatic nitrogens is 1. The molecule has 0 unspecified atom stereocenters. The third-order valence-corrected chi connectivity index (χ3v) is 3.63. The summed E-state index contributed by atoms with van der Waals surface area (Å²) >= 11 is 1.48. The fraction of sp³-hybridized carbons (Fsp3) is 0.385. The molecule has 0 aliphatic carbocycles. The molecule has 2 N–H and O–H groups in total. The summed E-state index contributed by atoms with van der Waals surface area (Å²) < 4.78 is 5.27. The number of rotatable bonds is 6. The largest absolute Gasteiger partial charge is 0.467 e. The standard InChI is InChI=1S/C13H17N3O2S/c1-2-16(8-10-4-3-7-18-10)13(17)11-9-19-12(15-11)5-6-14/h3-4,7,9H,2,5-6,8,14H2,1H3. The van der Waals surface area contributed by atoms with E-state index in [0.29, 0.717) is 31.7 Å². The van der Waals surface area contributed by atoms with E-state index >= 15 is 0 Å². The summed E-state index contributed by atoms with van der Waals surface area (Å²) in [5.74, 6) is 0.700. The van der Waals surface area contributed by atoms with Gasteiger partial charge in [0.2, 0.25) is 0 Å². The lowest BCUT2D eigenvalue weighted by Gasteiger charge is -2.18. The quantitative estimate of drug-likeness (QED) is 0.876. The highest BCUT2D eigenvalue weighted by molar-refractivity contribution is 7.09. The van der Waals surface area contributed by atoms with Crippen molar-refractivity contribution in [3.63, 3.8) is 0 Å². The molecule has 19 heavy (non-hydrogen) atoms. The number of thiazole rings is 1. The molecule has 5 nitrogen and oxygen atoms in total. The topological polar surface area (TPSA) is 72.4 Å². The lowest BCUT2D eigenvalue weighted by atomic mass is 10.3. The highest BCUT2D eigenvalue weighted by Gasteiger charge is 2.18. The number of nitrogens with two attached hydrogens (primary N) is 1. The lowest BCUT2D eigenvalue weighted by molar-refractivity contribution is 0.0736. The van der Waals surface area contributed by atoms with Gasteiger partial charge in [0.1, 0.15) is 11.5 Å². The molecule has 0 saturated carbocycles. The average Bonchev–Trinajstić information content (AvgIpc) is 3.06. The minimum atomic E-state index is -0.0709. The Morgan fingerprint density at radius 3 is 3.05 bits per heavy atom. The molecule has 2 rings (SSSR count). The fourth-order valence-corrected chi connectivity index (χ4v) is 2.52. The first kappa shape index (κ1) is 13.8. The Morgan fingerprint density at radius 2 is 2.42 bits per heavy atom. The summed E-state index contributed by atoms with van der Waals surface area (Å²) in [6, 6.07) is 3.67. The van der Waals surface area contributed by atoms with Crippen molar-refractivity contribution in [3.05, 3.63) is 40.2 Å². The van der Waals surface area contributed by atoms with E-state index in [4.69, 9.17) is 10.2 Å². The predicted molar refractivity (Wildman–Crippen MR) is 74.0 cm³/mol. The van der Waals surface area contributed by atoms with E-state index in [9.17, 15) is 4.79 Å². The molecule has 2 aromatic rings. The molecule has 2 aromatic heterocycles. The fourth-order valence-electron chi connectivity index (χ4n) is 1.73. The van der Waals surface area contributed by atoms with Gasteiger partial charge >= 0.3 is 0 Å². The minimum Gasteiger partial charge on any atom is -0.467 e. The van der Waals surface area contributed by atoms with E-state index < -0.39 is 0 Å². The van der Waals surface area contributed by atoms with Crippen molar-refractivity contribution in [1.29, 1.82) is 0 Å². The van der Waals surface area contributed by atoms with Crippen molar-refractivity contribution in [3.8, 4) is 0 Å². The number of nitrogens with zero attached hydrogens (tertiary/aromatic N) is 2. The number of amides is 1. The van der Waals surface area contributed by atoms with E-state index in [2.05, 4.69) is 4.98 Å². The molecule has 0 spiro atoms. The molecule has 102 valence electrons. The molecule has 0 aliphatic heterocycles. The second kappa shape index (κ2) is 6.49. The molecule has 1 amide bonds. The summed E-state index contributed by atoms with van der Waals surface area (Å²) in [6.07, 6.45) is 2.32. The number of hydrogen-bond donors (Lipinski definition) is 1. The zero-order valence-corrected chi connectivity index (χ0v) is 11.7. The van der Waals surface area contributed by atoms with Crippen LogP contribution in [0.3, 0.4) is 0 Å². The zero-order chi connectivity index (χ0) is 13.7. The third-order valence-electron chi connectivity index (χ3n) is 2.72. The summed E-state index contributed by atoms with van der Waals surface area (Å²) in [7, 11) is 0. The maximum absolute atomic E-state index is 12.3. The van der Waals surface area contributed by atoms with Crippen molar-refractivity contribution < 1.29 is 9.21 Å². The van der Waals surface area contributed by atoms with Crippen molar-refractivity contribution >= 4 is 17.2 Å². The molecular weight excluding hydrogens is 262 g/mol. The monoisotopic (exact) mass is 279 g/mol. The van der Waals surface area contributed by atoms with Crippen LogP contribution in [0.2, 0.25) is 0 Å². The predicted octanol–water partition coefficient (Wildman–Crippen LogP) is 1.90. The van der Waals surface area contributed by atoms with Crippen molar-refractivity contribution in [2.24, 2.45) is 5.73 Å². The smallest absolute Gasteiger partial charge is 0.273 e. The molecule has 0 atom stereocenters. The van der Waals surface area contributed by atoms with Gasteiger partial charge in [0.25, 0.3) is 5.91 Å². The molecule has 0 aliphatic rings. The van der Waals surface area contributed by atoms with E-state index in [1.165, 1.54) is 11.3 Å². The SMILES string of the molecule is CCN(Cc1ccco1)C(=O)c1csc(CCN)n1. The average molecular weight is 279 g/mol. The Bertz CT molecular complexity index is 522. The Labute approximate surface area is 116 Å². The summed E-state index contributed by atoms with van der Waals surface area (Å²) in [6.45, 7) is 3.56. The van der Waals surface area contributed by atoms with Gasteiger partial charge in [-0.25, -0.2) is 4.98 Å². The lowest BCUT2D eigenvalue weighted by Crippen LogP contribution is -2.30. The van der Waals surface area contributed by atoms with Crippen LogP contribution in [0.4, 0.5) is 0 Å². The van der Waals surface area contributed by atoms with Gasteiger partial charge < -0.3 is 15.1 Å². The molecule has 6 heteroatoms. The Kier molecular flexibility index (Phi) is 4.70. The molecule has 0 fully saturated rings. The number of hydrogen-bond acceptors (Lipinski definition) is 5. The van der Waals surface area contributed by atoms with E-state index in [-0.39, 0.29) is 5.91 Å².